The molecule has 1 saturated carbocycles. The van der Waals surface area contributed by atoms with Gasteiger partial charge in [-0.05, 0) is 24.8 Å². The summed E-state index contributed by atoms with van der Waals surface area (Å²) >= 11 is 0. The predicted octanol–water partition coefficient (Wildman–Crippen LogP) is 1.33. The molecule has 0 radical (unpaired) electrons. The first-order valence-electron chi connectivity index (χ1n) is 6.42. The molecule has 7 heteroatoms. The van der Waals surface area contributed by atoms with E-state index >= 15 is 0 Å². The maximum Gasteiger partial charge on any atom is 0.404 e. The number of carbonyl (C=O) groups is 1. The van der Waals surface area contributed by atoms with Crippen LogP contribution in [0.3, 0.4) is 0 Å². The highest BCUT2D eigenvalue weighted by molar-refractivity contribution is 5.66. The van der Waals surface area contributed by atoms with E-state index in [-0.39, 0.29) is 29.4 Å². The number of nitriles is 1. The number of hydrogen-bond acceptors (Lipinski definition) is 4. The molecular formula is C13H13FN4O2. The van der Waals surface area contributed by atoms with Crippen LogP contribution in [0.2, 0.25) is 0 Å². The van der Waals surface area contributed by atoms with Gasteiger partial charge in [0.25, 0.3) is 0 Å². The standard InChI is InChI=1S/C13H13FN4O2/c14-10-7(5-15)3-4-16-12(10)18-6-8-1-2-9(18)11(8)17-13(19)20/h3-4,8-9,11,17H,1-2,6H2,(H,19,20)/t8-,9-,11+/m0/s1. The molecule has 2 N–H and O–H groups in total. The highest BCUT2D eigenvalue weighted by atomic mass is 19.1. The number of carboxylic acid groups (broad SMARTS) is 1. The number of pyridine rings is 1. The summed E-state index contributed by atoms with van der Waals surface area (Å²) in [6.07, 6.45) is 2.06. The van der Waals surface area contributed by atoms with E-state index in [1.165, 1.54) is 12.3 Å². The van der Waals surface area contributed by atoms with Crippen molar-refractivity contribution in [3.63, 3.8) is 0 Å². The molecule has 6 nitrogen and oxygen atoms in total. The van der Waals surface area contributed by atoms with Crippen molar-refractivity contribution in [2.45, 2.75) is 24.9 Å². The Kier molecular flexibility index (Phi) is 2.93. The Balaban J connectivity index is 1.90. The van der Waals surface area contributed by atoms with Crippen LogP contribution in [0, 0.1) is 23.1 Å². The summed E-state index contributed by atoms with van der Waals surface area (Å²) in [4.78, 5) is 16.6. The number of rotatable bonds is 2. The normalized spacial score (nSPS) is 27.4. The first-order chi connectivity index (χ1) is 9.61. The van der Waals surface area contributed by atoms with E-state index < -0.39 is 11.9 Å². The smallest absolute Gasteiger partial charge is 0.404 e. The second-order valence-corrected chi connectivity index (χ2v) is 5.14. The zero-order chi connectivity index (χ0) is 14.3. The monoisotopic (exact) mass is 276 g/mol. The van der Waals surface area contributed by atoms with Gasteiger partial charge >= 0.3 is 6.09 Å². The third-order valence-electron chi connectivity index (χ3n) is 4.14. The molecule has 2 heterocycles. The lowest BCUT2D eigenvalue weighted by molar-refractivity contribution is 0.188. The SMILES string of the molecule is N#Cc1ccnc(N2C[C@@H]3CC[C@H]2[C@@H]3NC(=O)O)c1F. The van der Waals surface area contributed by atoms with Crippen molar-refractivity contribution in [2.75, 3.05) is 11.4 Å². The van der Waals surface area contributed by atoms with Crippen molar-refractivity contribution in [2.24, 2.45) is 5.92 Å². The summed E-state index contributed by atoms with van der Waals surface area (Å²) in [6.45, 7) is 0.564. The minimum absolute atomic E-state index is 0.0412. The Labute approximate surface area is 114 Å². The van der Waals surface area contributed by atoms with Crippen molar-refractivity contribution in [3.05, 3.63) is 23.6 Å². The Morgan fingerprint density at radius 3 is 3.10 bits per heavy atom. The molecule has 3 rings (SSSR count). The molecule has 0 aromatic carbocycles. The molecule has 1 amide bonds. The molecule has 1 aliphatic carbocycles. The van der Waals surface area contributed by atoms with E-state index in [0.29, 0.717) is 6.54 Å². The second kappa shape index (κ2) is 4.63. The van der Waals surface area contributed by atoms with Gasteiger partial charge in [0, 0.05) is 12.7 Å². The van der Waals surface area contributed by atoms with E-state index in [1.807, 2.05) is 0 Å². The summed E-state index contributed by atoms with van der Waals surface area (Å²) in [5, 5.41) is 20.2. The fourth-order valence-corrected chi connectivity index (χ4v) is 3.32. The van der Waals surface area contributed by atoms with Gasteiger partial charge in [-0.1, -0.05) is 0 Å². The van der Waals surface area contributed by atoms with Crippen LogP contribution in [-0.4, -0.2) is 34.8 Å². The number of hydrogen-bond donors (Lipinski definition) is 2. The highest BCUT2D eigenvalue weighted by Gasteiger charge is 2.48. The highest BCUT2D eigenvalue weighted by Crippen LogP contribution is 2.40. The van der Waals surface area contributed by atoms with Gasteiger partial charge in [0.05, 0.1) is 17.6 Å². The number of piperidine rings is 1. The first-order valence-corrected chi connectivity index (χ1v) is 6.42. The Morgan fingerprint density at radius 1 is 1.60 bits per heavy atom. The van der Waals surface area contributed by atoms with Crippen LogP contribution in [0.1, 0.15) is 18.4 Å². The van der Waals surface area contributed by atoms with Crippen LogP contribution in [-0.2, 0) is 0 Å². The van der Waals surface area contributed by atoms with Crippen LogP contribution in [0.15, 0.2) is 12.3 Å². The molecule has 0 spiro atoms. The van der Waals surface area contributed by atoms with E-state index in [0.717, 1.165) is 12.8 Å². The molecule has 1 saturated heterocycles. The zero-order valence-corrected chi connectivity index (χ0v) is 10.6. The molecule has 2 aliphatic rings. The predicted molar refractivity (Wildman–Crippen MR) is 67.7 cm³/mol. The fraction of sp³-hybridized carbons (Fsp3) is 0.462. The molecule has 2 fully saturated rings. The number of nitrogens with zero attached hydrogens (tertiary/aromatic N) is 3. The average Bonchev–Trinajstić information content (AvgIpc) is 2.95. The number of aromatic nitrogens is 1. The molecule has 1 aromatic heterocycles. The van der Waals surface area contributed by atoms with Crippen LogP contribution in [0.5, 0.6) is 0 Å². The van der Waals surface area contributed by atoms with Gasteiger partial charge in [-0.3, -0.25) is 0 Å². The van der Waals surface area contributed by atoms with Gasteiger partial charge in [-0.25, -0.2) is 14.2 Å². The Morgan fingerprint density at radius 2 is 2.40 bits per heavy atom. The van der Waals surface area contributed by atoms with Gasteiger partial charge in [0.2, 0.25) is 0 Å². The van der Waals surface area contributed by atoms with Gasteiger partial charge in [-0.15, -0.1) is 0 Å². The maximum atomic E-state index is 14.2. The van der Waals surface area contributed by atoms with Crippen LogP contribution >= 0.6 is 0 Å². The number of nitrogens with one attached hydrogen (secondary N) is 1. The Bertz CT molecular complexity index is 601. The van der Waals surface area contributed by atoms with E-state index in [1.54, 1.807) is 11.0 Å². The van der Waals surface area contributed by atoms with Gasteiger partial charge in [0.15, 0.2) is 11.6 Å². The molecule has 2 bridgehead atoms. The summed E-state index contributed by atoms with van der Waals surface area (Å²) in [6, 6.07) is 2.84. The molecule has 3 atom stereocenters. The minimum atomic E-state index is -1.06. The van der Waals surface area contributed by atoms with E-state index in [4.69, 9.17) is 10.4 Å². The van der Waals surface area contributed by atoms with Gasteiger partial charge in [-0.2, -0.15) is 5.26 Å². The molecule has 20 heavy (non-hydrogen) atoms. The third-order valence-corrected chi connectivity index (χ3v) is 4.14. The van der Waals surface area contributed by atoms with Crippen molar-refractivity contribution in [3.8, 4) is 6.07 Å². The van der Waals surface area contributed by atoms with Crippen LogP contribution < -0.4 is 10.2 Å². The van der Waals surface area contributed by atoms with Crippen LogP contribution in [0.25, 0.3) is 0 Å². The van der Waals surface area contributed by atoms with Crippen LogP contribution in [0.4, 0.5) is 15.0 Å². The quantitative estimate of drug-likeness (QED) is 0.850. The fourth-order valence-electron chi connectivity index (χ4n) is 3.32. The lowest BCUT2D eigenvalue weighted by Gasteiger charge is -2.28. The molecule has 104 valence electrons. The third kappa shape index (κ3) is 1.84. The summed E-state index contributed by atoms with van der Waals surface area (Å²) in [7, 11) is 0. The van der Waals surface area contributed by atoms with Gasteiger partial charge < -0.3 is 15.3 Å². The Hall–Kier alpha value is -2.36. The minimum Gasteiger partial charge on any atom is -0.465 e. The molecule has 1 aliphatic heterocycles. The van der Waals surface area contributed by atoms with Crippen molar-refractivity contribution in [1.82, 2.24) is 10.3 Å². The molecular weight excluding hydrogens is 263 g/mol. The summed E-state index contributed by atoms with van der Waals surface area (Å²) in [5.74, 6) is -0.312. The second-order valence-electron chi connectivity index (χ2n) is 5.14. The lowest BCUT2D eigenvalue weighted by atomic mass is 10.1. The van der Waals surface area contributed by atoms with Crippen molar-refractivity contribution < 1.29 is 14.3 Å². The van der Waals surface area contributed by atoms with E-state index in [9.17, 15) is 9.18 Å². The molecule has 1 aromatic rings. The number of fused-ring (bicyclic) bond motifs is 2. The first kappa shape index (κ1) is 12.7. The zero-order valence-electron chi connectivity index (χ0n) is 10.6. The average molecular weight is 276 g/mol. The number of amides is 1. The largest absolute Gasteiger partial charge is 0.465 e. The lowest BCUT2D eigenvalue weighted by Crippen LogP contribution is -2.43. The summed E-state index contributed by atoms with van der Waals surface area (Å²) < 4.78 is 14.2. The van der Waals surface area contributed by atoms with Crippen molar-refractivity contribution in [1.29, 1.82) is 5.26 Å². The van der Waals surface area contributed by atoms with Gasteiger partial charge in [0.1, 0.15) is 6.07 Å². The van der Waals surface area contributed by atoms with Crippen molar-refractivity contribution >= 4 is 11.9 Å². The summed E-state index contributed by atoms with van der Waals surface area (Å²) in [5.41, 5.74) is -0.0412. The number of halogens is 1. The number of anilines is 1. The maximum absolute atomic E-state index is 14.2. The molecule has 0 unspecified atom stereocenters. The van der Waals surface area contributed by atoms with E-state index in [2.05, 4.69) is 10.3 Å². The topological polar surface area (TPSA) is 89.3 Å².